The molecule has 8 heteroatoms. The Morgan fingerprint density at radius 3 is 2.24 bits per heavy atom. The molecule has 3 aliphatic rings. The second-order valence-corrected chi connectivity index (χ2v) is 9.49. The summed E-state index contributed by atoms with van der Waals surface area (Å²) < 4.78 is 0. The molecule has 3 fully saturated rings. The quantitative estimate of drug-likeness (QED) is 0.723. The Morgan fingerprint density at radius 2 is 1.62 bits per heavy atom. The van der Waals surface area contributed by atoms with Gasteiger partial charge in [0, 0.05) is 69.8 Å². The van der Waals surface area contributed by atoms with Gasteiger partial charge in [-0.05, 0) is 25.8 Å². The number of piperazine rings is 1. The molecule has 1 aromatic heterocycles. The Bertz CT molecular complexity index is 650. The molecule has 1 aromatic rings. The molecule has 4 heterocycles. The first-order valence-corrected chi connectivity index (χ1v) is 12.3. The molecule has 0 spiro atoms. The molecule has 1 amide bonds. The van der Waals surface area contributed by atoms with E-state index >= 15 is 0 Å². The van der Waals surface area contributed by atoms with Crippen molar-refractivity contribution >= 4 is 29.3 Å². The molecule has 0 radical (unpaired) electrons. The normalized spacial score (nSPS) is 22.2. The second kappa shape index (κ2) is 9.98. The molecule has 7 nitrogen and oxygen atoms in total. The summed E-state index contributed by atoms with van der Waals surface area (Å²) in [6.07, 6.45) is 6.96. The van der Waals surface area contributed by atoms with Crippen molar-refractivity contribution in [1.29, 1.82) is 0 Å². The lowest BCUT2D eigenvalue weighted by Gasteiger charge is -2.39. The highest BCUT2D eigenvalue weighted by molar-refractivity contribution is 7.99. The molecule has 29 heavy (non-hydrogen) atoms. The molecule has 160 valence electrons. The Balaban J connectivity index is 1.25. The van der Waals surface area contributed by atoms with Crippen LogP contribution in [0.4, 0.5) is 11.6 Å². The first kappa shape index (κ1) is 20.7. The lowest BCUT2D eigenvalue weighted by Crippen LogP contribution is -2.51. The molecule has 4 rings (SSSR count). The summed E-state index contributed by atoms with van der Waals surface area (Å²) in [5.74, 6) is 3.70. The van der Waals surface area contributed by atoms with Crippen molar-refractivity contribution in [2.75, 3.05) is 80.2 Å². The maximum absolute atomic E-state index is 12.9. The molecule has 0 saturated carbocycles. The van der Waals surface area contributed by atoms with Gasteiger partial charge in [0.15, 0.2) is 0 Å². The van der Waals surface area contributed by atoms with E-state index in [9.17, 15) is 4.79 Å². The van der Waals surface area contributed by atoms with Crippen molar-refractivity contribution in [2.24, 2.45) is 5.92 Å². The highest BCUT2D eigenvalue weighted by Crippen LogP contribution is 2.25. The van der Waals surface area contributed by atoms with Crippen molar-refractivity contribution in [3.8, 4) is 0 Å². The topological polar surface area (TPSA) is 55.8 Å². The van der Waals surface area contributed by atoms with Crippen LogP contribution in [0.2, 0.25) is 0 Å². The Hall–Kier alpha value is -1.54. The van der Waals surface area contributed by atoms with E-state index in [0.717, 1.165) is 94.9 Å². The van der Waals surface area contributed by atoms with Gasteiger partial charge < -0.3 is 14.7 Å². The van der Waals surface area contributed by atoms with Crippen LogP contribution in [0.3, 0.4) is 0 Å². The fourth-order valence-corrected chi connectivity index (χ4v) is 5.46. The molecule has 3 saturated heterocycles. The number of hydrogen-bond acceptors (Lipinski definition) is 7. The van der Waals surface area contributed by atoms with E-state index in [0.29, 0.717) is 5.91 Å². The van der Waals surface area contributed by atoms with Gasteiger partial charge in [0.1, 0.15) is 0 Å². The van der Waals surface area contributed by atoms with Gasteiger partial charge in [-0.1, -0.05) is 6.92 Å². The van der Waals surface area contributed by atoms with E-state index in [1.165, 1.54) is 6.42 Å². The van der Waals surface area contributed by atoms with Crippen molar-refractivity contribution < 1.29 is 4.79 Å². The standard InChI is InChI=1S/C21H34N6OS/c1-2-5-24-8-10-26(11-9-24)20(28)18-3-6-25(7-4-18)19-16-22-21(23-17-19)27-12-14-29-15-13-27/h16-18H,2-15H2,1H3. The van der Waals surface area contributed by atoms with Gasteiger partial charge in [-0.2, -0.15) is 11.8 Å². The van der Waals surface area contributed by atoms with Crippen LogP contribution in [0.5, 0.6) is 0 Å². The van der Waals surface area contributed by atoms with Crippen LogP contribution in [0.25, 0.3) is 0 Å². The summed E-state index contributed by atoms with van der Waals surface area (Å²) >= 11 is 2.00. The highest BCUT2D eigenvalue weighted by Gasteiger charge is 2.30. The van der Waals surface area contributed by atoms with E-state index in [1.54, 1.807) is 0 Å². The molecule has 0 bridgehead atoms. The minimum Gasteiger partial charge on any atom is -0.369 e. The van der Waals surface area contributed by atoms with Crippen LogP contribution < -0.4 is 9.80 Å². The Morgan fingerprint density at radius 1 is 0.966 bits per heavy atom. The lowest BCUT2D eigenvalue weighted by molar-refractivity contribution is -0.138. The van der Waals surface area contributed by atoms with Crippen molar-refractivity contribution in [3.63, 3.8) is 0 Å². The highest BCUT2D eigenvalue weighted by atomic mass is 32.2. The summed E-state index contributed by atoms with van der Waals surface area (Å²) in [5.41, 5.74) is 1.08. The van der Waals surface area contributed by atoms with Crippen LogP contribution in [0.1, 0.15) is 26.2 Å². The largest absolute Gasteiger partial charge is 0.369 e. The van der Waals surface area contributed by atoms with Gasteiger partial charge in [-0.25, -0.2) is 9.97 Å². The summed E-state index contributed by atoms with van der Waals surface area (Å²) in [7, 11) is 0. The van der Waals surface area contributed by atoms with Crippen LogP contribution >= 0.6 is 11.8 Å². The third-order valence-electron chi connectivity index (χ3n) is 6.35. The average Bonchev–Trinajstić information content (AvgIpc) is 2.80. The monoisotopic (exact) mass is 418 g/mol. The third kappa shape index (κ3) is 5.15. The maximum atomic E-state index is 12.9. The van der Waals surface area contributed by atoms with Gasteiger partial charge in [0.25, 0.3) is 0 Å². The first-order chi connectivity index (χ1) is 14.2. The summed E-state index contributed by atoms with van der Waals surface area (Å²) in [6, 6.07) is 0. The second-order valence-electron chi connectivity index (χ2n) is 8.27. The van der Waals surface area contributed by atoms with Crippen LogP contribution in [0.15, 0.2) is 12.4 Å². The average molecular weight is 419 g/mol. The maximum Gasteiger partial charge on any atom is 0.225 e. The van der Waals surface area contributed by atoms with Gasteiger partial charge >= 0.3 is 0 Å². The predicted octanol–water partition coefficient (Wildman–Crippen LogP) is 1.80. The number of amides is 1. The first-order valence-electron chi connectivity index (χ1n) is 11.2. The van der Waals surface area contributed by atoms with Gasteiger partial charge in [-0.3, -0.25) is 9.69 Å². The van der Waals surface area contributed by atoms with Crippen LogP contribution in [-0.4, -0.2) is 96.1 Å². The zero-order chi connectivity index (χ0) is 20.1. The van der Waals surface area contributed by atoms with E-state index in [-0.39, 0.29) is 5.92 Å². The molecule has 0 unspecified atom stereocenters. The number of nitrogens with zero attached hydrogens (tertiary/aromatic N) is 6. The lowest BCUT2D eigenvalue weighted by atomic mass is 9.94. The molecule has 0 aliphatic carbocycles. The van der Waals surface area contributed by atoms with Gasteiger partial charge in [0.05, 0.1) is 18.1 Å². The minimum atomic E-state index is 0.176. The summed E-state index contributed by atoms with van der Waals surface area (Å²) in [5, 5.41) is 0. The van der Waals surface area contributed by atoms with E-state index < -0.39 is 0 Å². The van der Waals surface area contributed by atoms with Crippen molar-refractivity contribution in [1.82, 2.24) is 19.8 Å². The smallest absolute Gasteiger partial charge is 0.225 e. The van der Waals surface area contributed by atoms with E-state index in [1.807, 2.05) is 24.2 Å². The molecule has 3 aliphatic heterocycles. The summed E-state index contributed by atoms with van der Waals surface area (Å²) in [4.78, 5) is 31.3. The van der Waals surface area contributed by atoms with Crippen LogP contribution in [-0.2, 0) is 4.79 Å². The molecule has 0 atom stereocenters. The molecular weight excluding hydrogens is 384 g/mol. The number of carbonyl (C=O) groups is 1. The minimum absolute atomic E-state index is 0.176. The predicted molar refractivity (Wildman–Crippen MR) is 120 cm³/mol. The Kier molecular flexibility index (Phi) is 7.13. The zero-order valence-corrected chi connectivity index (χ0v) is 18.4. The van der Waals surface area contributed by atoms with Gasteiger partial charge in [0.2, 0.25) is 11.9 Å². The van der Waals surface area contributed by atoms with Crippen molar-refractivity contribution in [2.45, 2.75) is 26.2 Å². The SMILES string of the molecule is CCCN1CCN(C(=O)C2CCN(c3cnc(N4CCSCC4)nc3)CC2)CC1. The zero-order valence-electron chi connectivity index (χ0n) is 17.6. The number of thioether (sulfide) groups is 1. The van der Waals surface area contributed by atoms with E-state index in [4.69, 9.17) is 0 Å². The van der Waals surface area contributed by atoms with Crippen LogP contribution in [0, 0.1) is 5.92 Å². The number of piperidine rings is 1. The number of anilines is 2. The molecule has 0 aromatic carbocycles. The van der Waals surface area contributed by atoms with E-state index in [2.05, 4.69) is 36.5 Å². The van der Waals surface area contributed by atoms with Gasteiger partial charge in [-0.15, -0.1) is 0 Å². The van der Waals surface area contributed by atoms with Crippen molar-refractivity contribution in [3.05, 3.63) is 12.4 Å². The molecule has 0 N–H and O–H groups in total. The summed E-state index contributed by atoms with van der Waals surface area (Å²) in [6.45, 7) is 11.1. The molecular formula is C21H34N6OS. The number of hydrogen-bond donors (Lipinski definition) is 0. The Labute approximate surface area is 178 Å². The number of carbonyl (C=O) groups excluding carboxylic acids is 1. The number of aromatic nitrogens is 2. The number of rotatable bonds is 5. The third-order valence-corrected chi connectivity index (χ3v) is 7.29. The fraction of sp³-hybridized carbons (Fsp3) is 0.762. The fourth-order valence-electron chi connectivity index (χ4n) is 4.56.